The van der Waals surface area contributed by atoms with Crippen LogP contribution in [0.15, 0.2) is 0 Å². The van der Waals surface area contributed by atoms with Crippen LogP contribution in [0.2, 0.25) is 0 Å². The third kappa shape index (κ3) is 5.53. The molecule has 96 valence electrons. The Labute approximate surface area is 94.9 Å². The Kier molecular flexibility index (Phi) is 8.32. The van der Waals surface area contributed by atoms with Gasteiger partial charge in [-0.15, -0.1) is 0 Å². The van der Waals surface area contributed by atoms with Crippen molar-refractivity contribution in [3.8, 4) is 0 Å². The lowest BCUT2D eigenvalue weighted by Gasteiger charge is -2.24. The fourth-order valence-electron chi connectivity index (χ4n) is 1.18. The summed E-state index contributed by atoms with van der Waals surface area (Å²) in [6.45, 7) is 2.83. The van der Waals surface area contributed by atoms with Crippen LogP contribution in [0.4, 0.5) is 0 Å². The van der Waals surface area contributed by atoms with Gasteiger partial charge < -0.3 is 30.5 Å². The molecule has 0 amide bonds. The van der Waals surface area contributed by atoms with E-state index in [0.717, 1.165) is 12.8 Å². The van der Waals surface area contributed by atoms with E-state index in [1.54, 1.807) is 0 Å². The minimum absolute atomic E-state index is 0.101. The Morgan fingerprint density at radius 3 is 2.31 bits per heavy atom. The molecule has 0 aromatic rings. The molecule has 0 aliphatic rings. The van der Waals surface area contributed by atoms with Crippen LogP contribution < -0.4 is 5.32 Å². The maximum atomic E-state index is 10.2. The summed E-state index contributed by atoms with van der Waals surface area (Å²) in [5, 5.41) is 39.9. The van der Waals surface area contributed by atoms with Crippen LogP contribution in [0.5, 0.6) is 0 Å². The number of carbonyl (C=O) groups excluding carboxylic acids is 1. The molecule has 4 atom stereocenters. The first kappa shape index (κ1) is 15.5. The van der Waals surface area contributed by atoms with E-state index in [1.807, 2.05) is 6.92 Å². The summed E-state index contributed by atoms with van der Waals surface area (Å²) in [5.41, 5.74) is 0. The summed E-state index contributed by atoms with van der Waals surface area (Å²) in [5.74, 6) is 0. The topological polar surface area (TPSA) is 110 Å². The number of nitrogens with one attached hydrogen (secondary N) is 1. The highest BCUT2D eigenvalue weighted by molar-refractivity contribution is 5.56. The quantitative estimate of drug-likeness (QED) is 0.234. The third-order valence-electron chi connectivity index (χ3n) is 2.29. The number of rotatable bonds is 9. The molecule has 0 heterocycles. The third-order valence-corrected chi connectivity index (χ3v) is 2.29. The highest BCUT2D eigenvalue weighted by Gasteiger charge is 2.29. The van der Waals surface area contributed by atoms with Gasteiger partial charge in [-0.05, 0) is 13.0 Å². The molecule has 0 aromatic heterocycles. The second-order valence-corrected chi connectivity index (χ2v) is 3.73. The SMILES string of the molecule is CCCCNC[C@@H](O)[C@@H](O)[C@H](O)[C@@H](O)C=O. The highest BCUT2D eigenvalue weighted by atomic mass is 16.4. The fraction of sp³-hybridized carbons (Fsp3) is 0.900. The van der Waals surface area contributed by atoms with Crippen molar-refractivity contribution in [2.75, 3.05) is 13.1 Å². The van der Waals surface area contributed by atoms with Crippen LogP contribution in [0, 0.1) is 0 Å². The molecular formula is C10H21NO5. The molecule has 0 rings (SSSR count). The largest absolute Gasteiger partial charge is 0.389 e. The van der Waals surface area contributed by atoms with Gasteiger partial charge in [0.25, 0.3) is 0 Å². The van der Waals surface area contributed by atoms with E-state index < -0.39 is 24.4 Å². The Balaban J connectivity index is 3.87. The first-order chi connectivity index (χ1) is 7.54. The normalized spacial score (nSPS) is 18.8. The minimum Gasteiger partial charge on any atom is -0.389 e. The Morgan fingerprint density at radius 2 is 1.81 bits per heavy atom. The van der Waals surface area contributed by atoms with Crippen molar-refractivity contribution in [1.29, 1.82) is 0 Å². The summed E-state index contributed by atoms with van der Waals surface area (Å²) in [6.07, 6.45) is -4.04. The number of unbranched alkanes of at least 4 members (excludes halogenated alkanes) is 1. The van der Waals surface area contributed by atoms with Gasteiger partial charge in [0, 0.05) is 6.54 Å². The molecule has 6 heteroatoms. The van der Waals surface area contributed by atoms with Gasteiger partial charge in [0.05, 0.1) is 6.10 Å². The minimum atomic E-state index is -1.68. The zero-order valence-corrected chi connectivity index (χ0v) is 9.41. The average molecular weight is 235 g/mol. The fourth-order valence-corrected chi connectivity index (χ4v) is 1.18. The van der Waals surface area contributed by atoms with Gasteiger partial charge in [-0.2, -0.15) is 0 Å². The van der Waals surface area contributed by atoms with E-state index in [2.05, 4.69) is 5.32 Å². The number of aliphatic hydroxyl groups excluding tert-OH is 4. The van der Waals surface area contributed by atoms with Crippen molar-refractivity contribution in [3.63, 3.8) is 0 Å². The number of hydrogen-bond acceptors (Lipinski definition) is 6. The van der Waals surface area contributed by atoms with Gasteiger partial charge in [0.2, 0.25) is 0 Å². The van der Waals surface area contributed by atoms with Gasteiger partial charge in [-0.25, -0.2) is 0 Å². The summed E-state index contributed by atoms with van der Waals surface area (Å²) < 4.78 is 0. The molecule has 0 radical (unpaired) electrons. The second kappa shape index (κ2) is 8.60. The van der Waals surface area contributed by atoms with Gasteiger partial charge in [-0.3, -0.25) is 0 Å². The molecule has 0 aliphatic heterocycles. The Hall–Kier alpha value is -0.530. The van der Waals surface area contributed by atoms with Crippen molar-refractivity contribution in [1.82, 2.24) is 5.32 Å². The standard InChI is InChI=1S/C10H21NO5/c1-2-3-4-11-5-7(13)9(15)10(16)8(14)6-12/h6-11,13-16H,2-5H2,1H3/t7-,8+,9-,10-/m1/s1. The van der Waals surface area contributed by atoms with Crippen molar-refractivity contribution >= 4 is 6.29 Å². The molecule has 0 spiro atoms. The lowest BCUT2D eigenvalue weighted by molar-refractivity contribution is -0.133. The summed E-state index contributed by atoms with van der Waals surface area (Å²) >= 11 is 0. The van der Waals surface area contributed by atoms with Crippen LogP contribution >= 0.6 is 0 Å². The first-order valence-corrected chi connectivity index (χ1v) is 5.42. The van der Waals surface area contributed by atoms with Crippen molar-refractivity contribution in [2.45, 2.75) is 44.2 Å². The molecule has 0 aromatic carbocycles. The van der Waals surface area contributed by atoms with Crippen LogP contribution in [0.1, 0.15) is 19.8 Å². The number of hydrogen-bond donors (Lipinski definition) is 5. The maximum absolute atomic E-state index is 10.2. The average Bonchev–Trinajstić information content (AvgIpc) is 2.31. The van der Waals surface area contributed by atoms with E-state index in [4.69, 9.17) is 5.11 Å². The molecule has 0 saturated carbocycles. The van der Waals surface area contributed by atoms with Gasteiger partial charge in [0.15, 0.2) is 6.29 Å². The smallest absolute Gasteiger partial charge is 0.151 e. The number of carbonyl (C=O) groups is 1. The van der Waals surface area contributed by atoms with E-state index in [-0.39, 0.29) is 12.8 Å². The predicted molar refractivity (Wildman–Crippen MR) is 57.9 cm³/mol. The lowest BCUT2D eigenvalue weighted by atomic mass is 10.0. The summed E-state index contributed by atoms with van der Waals surface area (Å²) in [4.78, 5) is 10.2. The highest BCUT2D eigenvalue weighted by Crippen LogP contribution is 2.03. The molecule has 16 heavy (non-hydrogen) atoms. The molecule has 0 unspecified atom stereocenters. The Morgan fingerprint density at radius 1 is 1.19 bits per heavy atom. The molecule has 5 N–H and O–H groups in total. The van der Waals surface area contributed by atoms with Crippen LogP contribution in [-0.4, -0.2) is 64.2 Å². The van der Waals surface area contributed by atoms with E-state index in [0.29, 0.717) is 6.54 Å². The first-order valence-electron chi connectivity index (χ1n) is 5.42. The van der Waals surface area contributed by atoms with Gasteiger partial charge >= 0.3 is 0 Å². The van der Waals surface area contributed by atoms with E-state index in [9.17, 15) is 20.1 Å². The number of aliphatic hydroxyl groups is 4. The van der Waals surface area contributed by atoms with Crippen LogP contribution in [0.3, 0.4) is 0 Å². The molecule has 0 bridgehead atoms. The van der Waals surface area contributed by atoms with Crippen molar-refractivity contribution in [3.05, 3.63) is 0 Å². The summed E-state index contributed by atoms with van der Waals surface area (Å²) in [6, 6.07) is 0. The lowest BCUT2D eigenvalue weighted by Crippen LogP contribution is -2.48. The molecule has 0 saturated heterocycles. The predicted octanol–water partition coefficient (Wildman–Crippen LogP) is -1.98. The Bertz CT molecular complexity index is 190. The number of aldehydes is 1. The van der Waals surface area contributed by atoms with Crippen LogP contribution in [-0.2, 0) is 4.79 Å². The molecule has 0 aliphatic carbocycles. The molecule has 0 fully saturated rings. The van der Waals surface area contributed by atoms with Gasteiger partial charge in [-0.1, -0.05) is 13.3 Å². The zero-order valence-electron chi connectivity index (χ0n) is 9.41. The van der Waals surface area contributed by atoms with Crippen LogP contribution in [0.25, 0.3) is 0 Å². The van der Waals surface area contributed by atoms with Gasteiger partial charge in [0.1, 0.15) is 18.3 Å². The van der Waals surface area contributed by atoms with Crippen molar-refractivity contribution in [2.24, 2.45) is 0 Å². The maximum Gasteiger partial charge on any atom is 0.151 e. The van der Waals surface area contributed by atoms with E-state index >= 15 is 0 Å². The van der Waals surface area contributed by atoms with Crippen molar-refractivity contribution < 1.29 is 25.2 Å². The summed E-state index contributed by atoms with van der Waals surface area (Å²) in [7, 11) is 0. The molecular weight excluding hydrogens is 214 g/mol. The molecule has 6 nitrogen and oxygen atoms in total. The monoisotopic (exact) mass is 235 g/mol. The second-order valence-electron chi connectivity index (χ2n) is 3.73. The zero-order chi connectivity index (χ0) is 12.6. The van der Waals surface area contributed by atoms with E-state index in [1.165, 1.54) is 0 Å².